The SMILES string of the molecule is CC(CN(C)C(=O)/C=C/c1ccco1)C(=O)O. The summed E-state index contributed by atoms with van der Waals surface area (Å²) in [6.07, 6.45) is 4.41. The first-order valence-corrected chi connectivity index (χ1v) is 5.20. The van der Waals surface area contributed by atoms with E-state index in [1.54, 1.807) is 32.2 Å². The van der Waals surface area contributed by atoms with Gasteiger partial charge in [0.25, 0.3) is 0 Å². The van der Waals surface area contributed by atoms with Crippen molar-refractivity contribution in [1.82, 2.24) is 4.90 Å². The predicted octanol–water partition coefficient (Wildman–Crippen LogP) is 1.47. The molecule has 0 bridgehead atoms. The standard InChI is InChI=1S/C12H15NO4/c1-9(12(15)16)8-13(2)11(14)6-5-10-4-3-7-17-10/h3-7,9H,8H2,1-2H3,(H,15,16)/b6-5+. The second-order valence-electron chi connectivity index (χ2n) is 3.81. The summed E-state index contributed by atoms with van der Waals surface area (Å²) in [5.74, 6) is -1.17. The van der Waals surface area contributed by atoms with Gasteiger partial charge in [0.2, 0.25) is 5.91 Å². The van der Waals surface area contributed by atoms with E-state index in [0.717, 1.165) is 0 Å². The summed E-state index contributed by atoms with van der Waals surface area (Å²) in [7, 11) is 1.56. The Kier molecular flexibility index (Phi) is 4.51. The minimum Gasteiger partial charge on any atom is -0.481 e. The maximum absolute atomic E-state index is 11.6. The molecule has 0 fully saturated rings. The van der Waals surface area contributed by atoms with Crippen LogP contribution in [0.4, 0.5) is 0 Å². The van der Waals surface area contributed by atoms with Crippen LogP contribution >= 0.6 is 0 Å². The molecule has 1 aromatic rings. The zero-order valence-corrected chi connectivity index (χ0v) is 9.79. The monoisotopic (exact) mass is 237 g/mol. The molecule has 1 N–H and O–H groups in total. The van der Waals surface area contributed by atoms with Crippen molar-refractivity contribution in [3.8, 4) is 0 Å². The minimum atomic E-state index is -0.917. The van der Waals surface area contributed by atoms with Crippen LogP contribution < -0.4 is 0 Å². The highest BCUT2D eigenvalue weighted by molar-refractivity contribution is 5.91. The molecule has 0 saturated heterocycles. The Bertz CT molecular complexity index is 408. The highest BCUT2D eigenvalue weighted by atomic mass is 16.4. The van der Waals surface area contributed by atoms with E-state index in [-0.39, 0.29) is 12.5 Å². The lowest BCUT2D eigenvalue weighted by molar-refractivity contribution is -0.142. The average molecular weight is 237 g/mol. The third-order valence-corrected chi connectivity index (χ3v) is 2.28. The largest absolute Gasteiger partial charge is 0.481 e. The highest BCUT2D eigenvalue weighted by Gasteiger charge is 2.15. The van der Waals surface area contributed by atoms with Crippen molar-refractivity contribution >= 4 is 18.0 Å². The van der Waals surface area contributed by atoms with Gasteiger partial charge in [-0.05, 0) is 18.2 Å². The number of carboxylic acids is 1. The normalized spacial score (nSPS) is 12.6. The van der Waals surface area contributed by atoms with E-state index in [1.807, 2.05) is 0 Å². The topological polar surface area (TPSA) is 70.8 Å². The lowest BCUT2D eigenvalue weighted by Gasteiger charge is -2.17. The second-order valence-corrected chi connectivity index (χ2v) is 3.81. The molecule has 0 spiro atoms. The number of amides is 1. The molecule has 1 aromatic heterocycles. The van der Waals surface area contributed by atoms with Gasteiger partial charge >= 0.3 is 5.97 Å². The maximum Gasteiger partial charge on any atom is 0.308 e. The molecule has 1 heterocycles. The van der Waals surface area contributed by atoms with Gasteiger partial charge in [0.15, 0.2) is 0 Å². The first-order chi connectivity index (χ1) is 8.00. The second kappa shape index (κ2) is 5.89. The number of rotatable bonds is 5. The van der Waals surface area contributed by atoms with Crippen LogP contribution in [0.15, 0.2) is 28.9 Å². The minimum absolute atomic E-state index is 0.177. The molecule has 0 aromatic carbocycles. The smallest absolute Gasteiger partial charge is 0.308 e. The number of hydrogen-bond acceptors (Lipinski definition) is 3. The Labute approximate surface area is 99.3 Å². The number of carbonyl (C=O) groups is 2. The number of aliphatic carboxylic acids is 1. The summed E-state index contributed by atoms with van der Waals surface area (Å²) >= 11 is 0. The Balaban J connectivity index is 2.50. The van der Waals surface area contributed by atoms with E-state index < -0.39 is 11.9 Å². The van der Waals surface area contributed by atoms with Crippen LogP contribution in [0.3, 0.4) is 0 Å². The summed E-state index contributed by atoms with van der Waals surface area (Å²) in [5.41, 5.74) is 0. The predicted molar refractivity (Wildman–Crippen MR) is 62.2 cm³/mol. The van der Waals surface area contributed by atoms with Crippen molar-refractivity contribution in [2.45, 2.75) is 6.92 Å². The van der Waals surface area contributed by atoms with Gasteiger partial charge in [-0.15, -0.1) is 0 Å². The van der Waals surface area contributed by atoms with Crippen LogP contribution in [0.2, 0.25) is 0 Å². The summed E-state index contributed by atoms with van der Waals surface area (Å²) in [5, 5.41) is 8.72. The Morgan fingerprint density at radius 3 is 2.82 bits per heavy atom. The molecule has 0 aliphatic heterocycles. The van der Waals surface area contributed by atoms with Crippen molar-refractivity contribution in [3.63, 3.8) is 0 Å². The third kappa shape index (κ3) is 4.14. The van der Waals surface area contributed by atoms with Gasteiger partial charge in [0.1, 0.15) is 5.76 Å². The summed E-state index contributed by atoms with van der Waals surface area (Å²) in [6, 6.07) is 3.45. The number of likely N-dealkylation sites (N-methyl/N-ethyl adjacent to an activating group) is 1. The lowest BCUT2D eigenvalue weighted by Crippen LogP contribution is -2.32. The highest BCUT2D eigenvalue weighted by Crippen LogP contribution is 2.04. The van der Waals surface area contributed by atoms with Gasteiger partial charge in [0, 0.05) is 19.7 Å². The van der Waals surface area contributed by atoms with Gasteiger partial charge in [0.05, 0.1) is 12.2 Å². The van der Waals surface area contributed by atoms with Gasteiger partial charge in [-0.1, -0.05) is 6.92 Å². The summed E-state index contributed by atoms with van der Waals surface area (Å²) in [6.45, 7) is 1.74. The number of hydrogen-bond donors (Lipinski definition) is 1. The van der Waals surface area contributed by atoms with E-state index in [4.69, 9.17) is 9.52 Å². The lowest BCUT2D eigenvalue weighted by atomic mass is 10.2. The zero-order valence-electron chi connectivity index (χ0n) is 9.79. The third-order valence-electron chi connectivity index (χ3n) is 2.28. The fraction of sp³-hybridized carbons (Fsp3) is 0.333. The molecular formula is C12H15NO4. The quantitative estimate of drug-likeness (QED) is 0.787. The van der Waals surface area contributed by atoms with Gasteiger partial charge in [-0.2, -0.15) is 0 Å². The van der Waals surface area contributed by atoms with E-state index >= 15 is 0 Å². The van der Waals surface area contributed by atoms with Crippen LogP contribution in [0.5, 0.6) is 0 Å². The fourth-order valence-electron chi connectivity index (χ4n) is 1.25. The Morgan fingerprint density at radius 2 is 2.29 bits per heavy atom. The van der Waals surface area contributed by atoms with Crippen molar-refractivity contribution in [2.24, 2.45) is 5.92 Å². The van der Waals surface area contributed by atoms with Gasteiger partial charge < -0.3 is 14.4 Å². The molecule has 5 nitrogen and oxygen atoms in total. The summed E-state index contributed by atoms with van der Waals surface area (Å²) < 4.78 is 5.03. The van der Waals surface area contributed by atoms with Crippen molar-refractivity contribution in [1.29, 1.82) is 0 Å². The molecule has 0 aliphatic rings. The fourth-order valence-corrected chi connectivity index (χ4v) is 1.25. The van der Waals surface area contributed by atoms with E-state index in [1.165, 1.54) is 17.2 Å². The van der Waals surface area contributed by atoms with Crippen LogP contribution in [0.1, 0.15) is 12.7 Å². The zero-order chi connectivity index (χ0) is 12.8. The van der Waals surface area contributed by atoms with Crippen molar-refractivity contribution < 1.29 is 19.1 Å². The first kappa shape index (κ1) is 13.0. The molecule has 0 aliphatic carbocycles. The molecule has 17 heavy (non-hydrogen) atoms. The molecule has 1 atom stereocenters. The van der Waals surface area contributed by atoms with Crippen LogP contribution in [0.25, 0.3) is 6.08 Å². The molecule has 0 saturated carbocycles. The number of carbonyl (C=O) groups excluding carboxylic acids is 1. The Hall–Kier alpha value is -2.04. The molecule has 1 rings (SSSR count). The van der Waals surface area contributed by atoms with E-state index in [0.29, 0.717) is 5.76 Å². The van der Waals surface area contributed by atoms with Crippen molar-refractivity contribution in [2.75, 3.05) is 13.6 Å². The molecule has 5 heteroatoms. The molecule has 92 valence electrons. The maximum atomic E-state index is 11.6. The average Bonchev–Trinajstić information content (AvgIpc) is 2.78. The van der Waals surface area contributed by atoms with Gasteiger partial charge in [-0.3, -0.25) is 9.59 Å². The molecular weight excluding hydrogens is 222 g/mol. The van der Waals surface area contributed by atoms with Crippen LogP contribution in [-0.4, -0.2) is 35.5 Å². The van der Waals surface area contributed by atoms with Crippen molar-refractivity contribution in [3.05, 3.63) is 30.2 Å². The van der Waals surface area contributed by atoms with Gasteiger partial charge in [-0.25, -0.2) is 0 Å². The number of nitrogens with zero attached hydrogens (tertiary/aromatic N) is 1. The van der Waals surface area contributed by atoms with E-state index in [2.05, 4.69) is 0 Å². The van der Waals surface area contributed by atoms with Crippen LogP contribution in [0, 0.1) is 5.92 Å². The molecule has 1 unspecified atom stereocenters. The molecule has 0 radical (unpaired) electrons. The van der Waals surface area contributed by atoms with E-state index in [9.17, 15) is 9.59 Å². The Morgan fingerprint density at radius 1 is 1.59 bits per heavy atom. The number of carboxylic acid groups (broad SMARTS) is 1. The van der Waals surface area contributed by atoms with Crippen LogP contribution in [-0.2, 0) is 9.59 Å². The summed E-state index contributed by atoms with van der Waals surface area (Å²) in [4.78, 5) is 23.6. The molecule has 1 amide bonds. The number of furan rings is 1. The first-order valence-electron chi connectivity index (χ1n) is 5.20.